The van der Waals surface area contributed by atoms with E-state index in [4.69, 9.17) is 4.74 Å². The number of amides is 2. The van der Waals surface area contributed by atoms with E-state index in [1.807, 2.05) is 0 Å². The molecular weight excluding hydrogens is 366 g/mol. The quantitative estimate of drug-likeness (QED) is 0.823. The Morgan fingerprint density at radius 1 is 1.04 bits per heavy atom. The second-order valence-corrected chi connectivity index (χ2v) is 8.26. The number of hydrogen-bond donors (Lipinski definition) is 2. The molecule has 0 saturated carbocycles. The number of benzene rings is 2. The molecule has 1 fully saturated rings. The molecule has 7 nitrogen and oxygen atoms in total. The van der Waals surface area contributed by atoms with Crippen LogP contribution in [0.2, 0.25) is 0 Å². The highest BCUT2D eigenvalue weighted by atomic mass is 32.2. The van der Waals surface area contributed by atoms with Gasteiger partial charge in [-0.3, -0.25) is 0 Å². The molecular formula is C19H23N3O4S. The van der Waals surface area contributed by atoms with Crippen LogP contribution in [-0.4, -0.2) is 45.0 Å². The molecule has 0 unspecified atom stereocenters. The smallest absolute Gasteiger partial charge is 0.319 e. The van der Waals surface area contributed by atoms with Crippen molar-refractivity contribution < 1.29 is 17.9 Å². The Morgan fingerprint density at radius 3 is 2.26 bits per heavy atom. The number of nitrogens with one attached hydrogen (secondary N) is 2. The summed E-state index contributed by atoms with van der Waals surface area (Å²) in [4.78, 5) is 12.4. The molecule has 0 atom stereocenters. The molecule has 2 amide bonds. The van der Waals surface area contributed by atoms with Gasteiger partial charge in [-0.1, -0.05) is 18.2 Å². The van der Waals surface area contributed by atoms with Crippen LogP contribution in [0.15, 0.2) is 59.5 Å². The van der Waals surface area contributed by atoms with E-state index in [-0.39, 0.29) is 12.1 Å². The van der Waals surface area contributed by atoms with Crippen molar-refractivity contribution >= 4 is 21.7 Å². The van der Waals surface area contributed by atoms with Crippen molar-refractivity contribution in [2.45, 2.75) is 23.8 Å². The van der Waals surface area contributed by atoms with Crippen LogP contribution in [0.4, 0.5) is 10.5 Å². The van der Waals surface area contributed by atoms with Crippen LogP contribution in [0.1, 0.15) is 12.8 Å². The molecule has 1 heterocycles. The van der Waals surface area contributed by atoms with E-state index in [9.17, 15) is 13.2 Å². The number of rotatable bonds is 5. The van der Waals surface area contributed by atoms with Crippen LogP contribution < -0.4 is 15.4 Å². The van der Waals surface area contributed by atoms with Gasteiger partial charge in [0.1, 0.15) is 5.75 Å². The summed E-state index contributed by atoms with van der Waals surface area (Å²) in [6, 6.07) is 15.1. The van der Waals surface area contributed by atoms with Gasteiger partial charge in [-0.25, -0.2) is 13.2 Å². The second kappa shape index (κ2) is 8.41. The maximum Gasteiger partial charge on any atom is 0.319 e. The minimum Gasteiger partial charge on any atom is -0.497 e. The van der Waals surface area contributed by atoms with Crippen LogP contribution >= 0.6 is 0 Å². The number of ether oxygens (including phenoxy) is 1. The fraction of sp³-hybridized carbons (Fsp3) is 0.316. The Hall–Kier alpha value is -2.58. The number of sulfonamides is 1. The van der Waals surface area contributed by atoms with Crippen molar-refractivity contribution in [2.75, 3.05) is 25.5 Å². The third-order valence-electron chi connectivity index (χ3n) is 4.52. The number of piperidine rings is 1. The topological polar surface area (TPSA) is 87.7 Å². The molecule has 1 aliphatic heterocycles. The van der Waals surface area contributed by atoms with Gasteiger partial charge in [-0.15, -0.1) is 0 Å². The van der Waals surface area contributed by atoms with Crippen molar-refractivity contribution in [3.05, 3.63) is 54.6 Å². The number of carbonyl (C=O) groups is 1. The molecule has 1 aliphatic rings. The number of anilines is 1. The fourth-order valence-corrected chi connectivity index (χ4v) is 4.50. The van der Waals surface area contributed by atoms with Gasteiger partial charge in [0, 0.05) is 24.8 Å². The van der Waals surface area contributed by atoms with Crippen LogP contribution in [0.25, 0.3) is 0 Å². The van der Waals surface area contributed by atoms with E-state index in [0.717, 1.165) is 0 Å². The van der Waals surface area contributed by atoms with Crippen molar-refractivity contribution in [1.82, 2.24) is 9.62 Å². The minimum atomic E-state index is -3.48. The lowest BCUT2D eigenvalue weighted by atomic mass is 10.1. The number of hydrogen-bond acceptors (Lipinski definition) is 4. The Kier molecular flexibility index (Phi) is 5.98. The lowest BCUT2D eigenvalue weighted by Crippen LogP contribution is -2.47. The molecule has 0 aliphatic carbocycles. The largest absolute Gasteiger partial charge is 0.497 e. The van der Waals surface area contributed by atoms with Crippen LogP contribution in [0.3, 0.4) is 0 Å². The Balaban J connectivity index is 1.51. The summed E-state index contributed by atoms with van der Waals surface area (Å²) < 4.78 is 31.8. The van der Waals surface area contributed by atoms with Crippen LogP contribution in [0.5, 0.6) is 5.75 Å². The fourth-order valence-electron chi connectivity index (χ4n) is 3.01. The third-order valence-corrected chi connectivity index (χ3v) is 6.43. The molecule has 3 rings (SSSR count). The molecule has 2 aromatic carbocycles. The first-order chi connectivity index (χ1) is 13.0. The average molecular weight is 389 g/mol. The lowest BCUT2D eigenvalue weighted by molar-refractivity contribution is 0.238. The van der Waals surface area contributed by atoms with Gasteiger partial charge in [0.25, 0.3) is 0 Å². The SMILES string of the molecule is COc1ccc(NC(=O)NC2CCN(S(=O)(=O)c3ccccc3)CC2)cc1. The molecule has 0 spiro atoms. The molecule has 0 radical (unpaired) electrons. The van der Waals surface area contributed by atoms with E-state index in [1.54, 1.807) is 61.7 Å². The van der Waals surface area contributed by atoms with E-state index >= 15 is 0 Å². The Labute approximate surface area is 159 Å². The highest BCUT2D eigenvalue weighted by Gasteiger charge is 2.29. The molecule has 2 aromatic rings. The van der Waals surface area contributed by atoms with Gasteiger partial charge < -0.3 is 15.4 Å². The number of methoxy groups -OCH3 is 1. The maximum atomic E-state index is 12.6. The monoisotopic (exact) mass is 389 g/mol. The van der Waals surface area contributed by atoms with Crippen LogP contribution in [-0.2, 0) is 10.0 Å². The zero-order chi connectivity index (χ0) is 19.3. The minimum absolute atomic E-state index is 0.0644. The molecule has 0 aromatic heterocycles. The van der Waals surface area contributed by atoms with Crippen molar-refractivity contribution in [3.8, 4) is 5.75 Å². The number of carbonyl (C=O) groups excluding carboxylic acids is 1. The normalized spacial score (nSPS) is 15.9. The third kappa shape index (κ3) is 4.78. The van der Waals surface area contributed by atoms with Gasteiger partial charge in [0.15, 0.2) is 0 Å². The van der Waals surface area contributed by atoms with Gasteiger partial charge in [-0.05, 0) is 49.2 Å². The van der Waals surface area contributed by atoms with E-state index in [0.29, 0.717) is 42.3 Å². The maximum absolute atomic E-state index is 12.6. The van der Waals surface area contributed by atoms with Crippen molar-refractivity contribution in [2.24, 2.45) is 0 Å². The number of nitrogens with zero attached hydrogens (tertiary/aromatic N) is 1. The lowest BCUT2D eigenvalue weighted by Gasteiger charge is -2.31. The highest BCUT2D eigenvalue weighted by Crippen LogP contribution is 2.21. The first-order valence-electron chi connectivity index (χ1n) is 8.76. The van der Waals surface area contributed by atoms with E-state index in [2.05, 4.69) is 10.6 Å². The van der Waals surface area contributed by atoms with Gasteiger partial charge in [-0.2, -0.15) is 4.31 Å². The van der Waals surface area contributed by atoms with Crippen LogP contribution in [0, 0.1) is 0 Å². The zero-order valence-electron chi connectivity index (χ0n) is 15.1. The van der Waals surface area contributed by atoms with Gasteiger partial charge in [0.05, 0.1) is 12.0 Å². The molecule has 27 heavy (non-hydrogen) atoms. The predicted octanol–water partition coefficient (Wildman–Crippen LogP) is 2.67. The summed E-state index contributed by atoms with van der Waals surface area (Å²) in [5, 5.41) is 5.68. The van der Waals surface area contributed by atoms with Gasteiger partial charge in [0.2, 0.25) is 10.0 Å². The van der Waals surface area contributed by atoms with E-state index < -0.39 is 10.0 Å². The number of urea groups is 1. The Morgan fingerprint density at radius 2 is 1.67 bits per heavy atom. The Bertz CT molecular complexity index is 862. The summed E-state index contributed by atoms with van der Waals surface area (Å²) in [6.07, 6.45) is 1.14. The summed E-state index contributed by atoms with van der Waals surface area (Å²) in [5.41, 5.74) is 0.664. The first-order valence-corrected chi connectivity index (χ1v) is 10.2. The van der Waals surface area contributed by atoms with Gasteiger partial charge >= 0.3 is 6.03 Å². The summed E-state index contributed by atoms with van der Waals surface area (Å²) in [6.45, 7) is 0.759. The summed E-state index contributed by atoms with van der Waals surface area (Å²) in [5.74, 6) is 0.716. The first kappa shape index (κ1) is 19.2. The van der Waals surface area contributed by atoms with Crippen molar-refractivity contribution in [1.29, 1.82) is 0 Å². The average Bonchev–Trinajstić information content (AvgIpc) is 2.69. The molecule has 2 N–H and O–H groups in total. The highest BCUT2D eigenvalue weighted by molar-refractivity contribution is 7.89. The molecule has 144 valence electrons. The zero-order valence-corrected chi connectivity index (χ0v) is 15.9. The summed E-state index contributed by atoms with van der Waals surface area (Å²) >= 11 is 0. The summed E-state index contributed by atoms with van der Waals surface area (Å²) in [7, 11) is -1.89. The van der Waals surface area contributed by atoms with E-state index in [1.165, 1.54) is 4.31 Å². The molecule has 8 heteroatoms. The molecule has 1 saturated heterocycles. The second-order valence-electron chi connectivity index (χ2n) is 6.32. The predicted molar refractivity (Wildman–Crippen MR) is 103 cm³/mol. The van der Waals surface area contributed by atoms with Crippen molar-refractivity contribution in [3.63, 3.8) is 0 Å². The standard InChI is InChI=1S/C19H23N3O4S/c1-26-17-9-7-15(8-10-17)20-19(23)21-16-11-13-22(14-12-16)27(24,25)18-5-3-2-4-6-18/h2-10,16H,11-14H2,1H3,(H2,20,21,23). The molecule has 0 bridgehead atoms.